The summed E-state index contributed by atoms with van der Waals surface area (Å²) in [5.74, 6) is 2.53. The molecule has 1 aromatic rings. The van der Waals surface area contributed by atoms with E-state index >= 15 is 0 Å². The molecule has 0 radical (unpaired) electrons. The van der Waals surface area contributed by atoms with Gasteiger partial charge in [0, 0.05) is 18.3 Å². The number of hydrogen-bond donors (Lipinski definition) is 1. The van der Waals surface area contributed by atoms with Gasteiger partial charge >= 0.3 is 0 Å². The van der Waals surface area contributed by atoms with Crippen LogP contribution in [0.5, 0.6) is 0 Å². The molecule has 2 heterocycles. The third-order valence-corrected chi connectivity index (χ3v) is 3.80. The molecule has 78 valence electrons. The molecule has 4 heteroatoms. The topological polar surface area (TPSA) is 43.8 Å². The number of rotatable bonds is 2. The molecule has 14 heavy (non-hydrogen) atoms. The molecule has 1 aliphatic heterocycles. The summed E-state index contributed by atoms with van der Waals surface area (Å²) in [7, 11) is 0. The highest BCUT2D eigenvalue weighted by Crippen LogP contribution is 2.28. The van der Waals surface area contributed by atoms with Gasteiger partial charge in [0.1, 0.15) is 0 Å². The van der Waals surface area contributed by atoms with Crippen LogP contribution in [-0.2, 0) is 0 Å². The molecule has 1 saturated heterocycles. The number of nitrogens with two attached hydrogens (primary N) is 1. The Balaban J connectivity index is 2.17. The fourth-order valence-electron chi connectivity index (χ4n) is 1.94. The van der Waals surface area contributed by atoms with Crippen LogP contribution in [0.4, 0.5) is 0 Å². The zero-order chi connectivity index (χ0) is 9.97. The van der Waals surface area contributed by atoms with E-state index in [2.05, 4.69) is 9.55 Å². The lowest BCUT2D eigenvalue weighted by molar-refractivity contribution is 0.447. The van der Waals surface area contributed by atoms with E-state index in [4.69, 9.17) is 5.73 Å². The third-order valence-electron chi connectivity index (χ3n) is 2.75. The van der Waals surface area contributed by atoms with Gasteiger partial charge in [0.05, 0.1) is 12.0 Å². The summed E-state index contributed by atoms with van der Waals surface area (Å²) >= 11 is 2.05. The van der Waals surface area contributed by atoms with E-state index in [1.165, 1.54) is 30.0 Å². The molecule has 3 nitrogen and oxygen atoms in total. The van der Waals surface area contributed by atoms with Crippen LogP contribution in [0.25, 0.3) is 0 Å². The van der Waals surface area contributed by atoms with Crippen LogP contribution in [0.1, 0.15) is 37.5 Å². The van der Waals surface area contributed by atoms with Gasteiger partial charge in [0.25, 0.3) is 0 Å². The molecule has 0 aliphatic carbocycles. The summed E-state index contributed by atoms with van der Waals surface area (Å²) in [5, 5.41) is 0. The maximum Gasteiger partial charge on any atom is 0.0951 e. The molecule has 1 fully saturated rings. The first-order valence-electron chi connectivity index (χ1n) is 5.14. The predicted octanol–water partition coefficient (Wildman–Crippen LogP) is 1.97. The Bertz CT molecular complexity index is 289. The van der Waals surface area contributed by atoms with Crippen molar-refractivity contribution in [2.45, 2.75) is 31.8 Å². The van der Waals surface area contributed by atoms with E-state index in [1.807, 2.05) is 31.2 Å². The van der Waals surface area contributed by atoms with Crippen molar-refractivity contribution >= 4 is 11.8 Å². The summed E-state index contributed by atoms with van der Waals surface area (Å²) in [6, 6.07) is 0.715. The quantitative estimate of drug-likeness (QED) is 0.813. The summed E-state index contributed by atoms with van der Waals surface area (Å²) in [5.41, 5.74) is 7.07. The van der Waals surface area contributed by atoms with Gasteiger partial charge in [-0.25, -0.2) is 4.98 Å². The van der Waals surface area contributed by atoms with Gasteiger partial charge in [0.2, 0.25) is 0 Å². The highest BCUT2D eigenvalue weighted by Gasteiger charge is 2.18. The summed E-state index contributed by atoms with van der Waals surface area (Å²) < 4.78 is 2.27. The standard InChI is InChI=1S/C10H17N3S/c1-8(11)10-6-12-7-13(10)9-2-4-14-5-3-9/h6-9H,2-5,11H2,1H3. The van der Waals surface area contributed by atoms with E-state index < -0.39 is 0 Å². The molecule has 1 aromatic heterocycles. The van der Waals surface area contributed by atoms with Gasteiger partial charge in [-0.3, -0.25) is 0 Å². The van der Waals surface area contributed by atoms with Gasteiger partial charge < -0.3 is 10.3 Å². The van der Waals surface area contributed by atoms with E-state index in [0.29, 0.717) is 6.04 Å². The molecule has 0 amide bonds. The monoisotopic (exact) mass is 211 g/mol. The Morgan fingerprint density at radius 1 is 1.57 bits per heavy atom. The zero-order valence-corrected chi connectivity index (χ0v) is 9.33. The smallest absolute Gasteiger partial charge is 0.0951 e. The van der Waals surface area contributed by atoms with Crippen molar-refractivity contribution in [2.75, 3.05) is 11.5 Å². The molecule has 2 N–H and O–H groups in total. The van der Waals surface area contributed by atoms with Crippen molar-refractivity contribution in [3.8, 4) is 0 Å². The van der Waals surface area contributed by atoms with E-state index in [1.54, 1.807) is 0 Å². The van der Waals surface area contributed by atoms with Crippen molar-refractivity contribution in [1.82, 2.24) is 9.55 Å². The lowest BCUT2D eigenvalue weighted by atomic mass is 10.1. The normalized spacial score (nSPS) is 21.0. The number of imidazole rings is 1. The number of thioether (sulfide) groups is 1. The Kier molecular flexibility index (Phi) is 3.13. The highest BCUT2D eigenvalue weighted by atomic mass is 32.2. The van der Waals surface area contributed by atoms with E-state index in [9.17, 15) is 0 Å². The van der Waals surface area contributed by atoms with Crippen molar-refractivity contribution in [3.05, 3.63) is 18.2 Å². The SMILES string of the molecule is CC(N)c1cncn1C1CCSCC1. The first-order valence-corrected chi connectivity index (χ1v) is 6.29. The number of nitrogens with zero attached hydrogens (tertiary/aromatic N) is 2. The van der Waals surface area contributed by atoms with Crippen LogP contribution >= 0.6 is 11.8 Å². The second-order valence-corrected chi connectivity index (χ2v) is 5.08. The number of hydrogen-bond acceptors (Lipinski definition) is 3. The molecule has 2 rings (SSSR count). The number of aromatic nitrogens is 2. The maximum absolute atomic E-state index is 5.90. The van der Waals surface area contributed by atoms with Crippen LogP contribution < -0.4 is 5.73 Å². The molecular formula is C10H17N3S. The third kappa shape index (κ3) is 1.96. The minimum absolute atomic E-state index is 0.0899. The Labute approximate surface area is 89.1 Å². The Morgan fingerprint density at radius 2 is 2.29 bits per heavy atom. The lowest BCUT2D eigenvalue weighted by Gasteiger charge is -2.25. The van der Waals surface area contributed by atoms with Crippen LogP contribution in [0, 0.1) is 0 Å². The summed E-state index contributed by atoms with van der Waals surface area (Å²) in [6.07, 6.45) is 6.33. The first-order chi connectivity index (χ1) is 6.79. The fourth-order valence-corrected chi connectivity index (χ4v) is 3.02. The summed E-state index contributed by atoms with van der Waals surface area (Å²) in [6.45, 7) is 2.02. The lowest BCUT2D eigenvalue weighted by Crippen LogP contribution is -2.19. The van der Waals surface area contributed by atoms with Gasteiger partial charge in [-0.15, -0.1) is 0 Å². The maximum atomic E-state index is 5.90. The van der Waals surface area contributed by atoms with Gasteiger partial charge in [-0.2, -0.15) is 11.8 Å². The van der Waals surface area contributed by atoms with Gasteiger partial charge in [0.15, 0.2) is 0 Å². The van der Waals surface area contributed by atoms with Gasteiger partial charge in [-0.1, -0.05) is 0 Å². The molecule has 0 bridgehead atoms. The zero-order valence-electron chi connectivity index (χ0n) is 8.52. The van der Waals surface area contributed by atoms with Crippen LogP contribution in [0.3, 0.4) is 0 Å². The molecule has 1 unspecified atom stereocenters. The van der Waals surface area contributed by atoms with Crippen molar-refractivity contribution < 1.29 is 0 Å². The molecule has 1 aliphatic rings. The average molecular weight is 211 g/mol. The summed E-state index contributed by atoms with van der Waals surface area (Å²) in [4.78, 5) is 4.19. The Hall–Kier alpha value is -0.480. The predicted molar refractivity (Wildman–Crippen MR) is 60.4 cm³/mol. The van der Waals surface area contributed by atoms with Crippen LogP contribution in [-0.4, -0.2) is 21.1 Å². The van der Waals surface area contributed by atoms with Crippen molar-refractivity contribution in [1.29, 1.82) is 0 Å². The molecule has 0 spiro atoms. The molecule has 1 atom stereocenters. The Morgan fingerprint density at radius 3 is 2.93 bits per heavy atom. The minimum Gasteiger partial charge on any atom is -0.330 e. The van der Waals surface area contributed by atoms with Crippen LogP contribution in [0.15, 0.2) is 12.5 Å². The van der Waals surface area contributed by atoms with Crippen molar-refractivity contribution in [2.24, 2.45) is 5.73 Å². The second kappa shape index (κ2) is 4.36. The average Bonchev–Trinajstić information content (AvgIpc) is 2.67. The van der Waals surface area contributed by atoms with Crippen molar-refractivity contribution in [3.63, 3.8) is 0 Å². The minimum atomic E-state index is 0.0899. The molecular weight excluding hydrogens is 194 g/mol. The first kappa shape index (κ1) is 10.1. The van der Waals surface area contributed by atoms with Crippen LogP contribution in [0.2, 0.25) is 0 Å². The molecule has 0 aromatic carbocycles. The highest BCUT2D eigenvalue weighted by molar-refractivity contribution is 7.99. The molecule has 0 saturated carbocycles. The fraction of sp³-hybridized carbons (Fsp3) is 0.700. The van der Waals surface area contributed by atoms with Gasteiger partial charge in [-0.05, 0) is 31.3 Å². The second-order valence-electron chi connectivity index (χ2n) is 3.86. The van der Waals surface area contributed by atoms with E-state index in [-0.39, 0.29) is 6.04 Å². The van der Waals surface area contributed by atoms with E-state index in [0.717, 1.165) is 0 Å². The largest absolute Gasteiger partial charge is 0.330 e.